The number of nitrogens with zero attached hydrogens (tertiary/aromatic N) is 2. The summed E-state index contributed by atoms with van der Waals surface area (Å²) in [5.74, 6) is 0.659. The Labute approximate surface area is 182 Å². The summed E-state index contributed by atoms with van der Waals surface area (Å²) >= 11 is 1.63. The maximum absolute atomic E-state index is 13.0. The zero-order chi connectivity index (χ0) is 21.3. The fourth-order valence-electron chi connectivity index (χ4n) is 3.86. The Balaban J connectivity index is 1.46. The lowest BCUT2D eigenvalue weighted by Crippen LogP contribution is -2.39. The first-order valence-electron chi connectivity index (χ1n) is 10.0. The van der Waals surface area contributed by atoms with E-state index in [2.05, 4.69) is 42.3 Å². The molecule has 0 radical (unpaired) electrons. The van der Waals surface area contributed by atoms with Crippen molar-refractivity contribution in [3.8, 4) is 17.0 Å². The van der Waals surface area contributed by atoms with Crippen LogP contribution in [0.15, 0.2) is 52.7 Å². The van der Waals surface area contributed by atoms with Crippen LogP contribution in [-0.4, -0.2) is 38.9 Å². The van der Waals surface area contributed by atoms with Gasteiger partial charge < -0.3 is 9.64 Å². The number of thiazole rings is 1. The number of methoxy groups -OCH3 is 1. The third-order valence-electron chi connectivity index (χ3n) is 5.70. The van der Waals surface area contributed by atoms with E-state index in [-0.39, 0.29) is 5.25 Å². The molecule has 0 bridgehead atoms. The number of anilines is 1. The zero-order valence-corrected chi connectivity index (χ0v) is 19.1. The van der Waals surface area contributed by atoms with Crippen molar-refractivity contribution >= 4 is 26.3 Å². The van der Waals surface area contributed by atoms with E-state index in [9.17, 15) is 8.42 Å². The smallest absolute Gasteiger partial charge is 0.185 e. The average molecular weight is 443 g/mol. The quantitative estimate of drug-likeness (QED) is 0.564. The van der Waals surface area contributed by atoms with Crippen molar-refractivity contribution < 1.29 is 13.2 Å². The third kappa shape index (κ3) is 4.09. The van der Waals surface area contributed by atoms with E-state index in [1.165, 1.54) is 11.1 Å². The highest BCUT2D eigenvalue weighted by Crippen LogP contribution is 2.33. The molecule has 4 rings (SSSR count). The fraction of sp³-hybridized carbons (Fsp3) is 0.348. The third-order valence-corrected chi connectivity index (χ3v) is 8.88. The molecule has 1 aliphatic rings. The standard InChI is InChI=1S/C23H26N2O3S2/c1-16-4-5-17(2)21(14-16)22-15-29-23(24-22)25-12-10-20(11-13-25)30(26,27)19-8-6-18(28-3)7-9-19/h4-9,14-15,20H,10-13H2,1-3H3. The lowest BCUT2D eigenvalue weighted by Gasteiger charge is -2.31. The van der Waals surface area contributed by atoms with E-state index in [1.54, 1.807) is 42.7 Å². The van der Waals surface area contributed by atoms with Gasteiger partial charge in [0, 0.05) is 24.0 Å². The molecule has 0 amide bonds. The van der Waals surface area contributed by atoms with E-state index in [1.807, 2.05) is 0 Å². The van der Waals surface area contributed by atoms with E-state index < -0.39 is 9.84 Å². The number of piperidine rings is 1. The van der Waals surface area contributed by atoms with Crippen LogP contribution in [0.3, 0.4) is 0 Å². The molecule has 1 aliphatic heterocycles. The number of rotatable bonds is 5. The average Bonchev–Trinajstić information content (AvgIpc) is 3.25. The molecular weight excluding hydrogens is 416 g/mol. The van der Waals surface area contributed by atoms with Crippen molar-refractivity contribution in [1.82, 2.24) is 4.98 Å². The van der Waals surface area contributed by atoms with Crippen molar-refractivity contribution in [2.24, 2.45) is 0 Å². The molecule has 1 fully saturated rings. The van der Waals surface area contributed by atoms with Crippen LogP contribution in [0.5, 0.6) is 5.75 Å². The first kappa shape index (κ1) is 20.9. The molecule has 2 heterocycles. The molecule has 5 nitrogen and oxygen atoms in total. The molecule has 7 heteroatoms. The van der Waals surface area contributed by atoms with Crippen LogP contribution in [0, 0.1) is 13.8 Å². The summed E-state index contributed by atoms with van der Waals surface area (Å²) in [6, 6.07) is 13.1. The van der Waals surface area contributed by atoms with Crippen LogP contribution in [0.2, 0.25) is 0 Å². The Morgan fingerprint density at radius 3 is 2.43 bits per heavy atom. The van der Waals surface area contributed by atoms with Gasteiger partial charge in [-0.05, 0) is 62.6 Å². The summed E-state index contributed by atoms with van der Waals surface area (Å²) in [6.45, 7) is 5.58. The van der Waals surface area contributed by atoms with E-state index in [0.29, 0.717) is 36.6 Å². The van der Waals surface area contributed by atoms with Crippen LogP contribution in [0.25, 0.3) is 11.3 Å². The summed E-state index contributed by atoms with van der Waals surface area (Å²) in [5, 5.41) is 2.70. The fourth-order valence-corrected chi connectivity index (χ4v) is 6.47. The predicted octanol–water partition coefficient (Wildman–Crippen LogP) is 4.88. The van der Waals surface area contributed by atoms with Gasteiger partial charge in [-0.3, -0.25) is 0 Å². The Kier molecular flexibility index (Phi) is 5.84. The van der Waals surface area contributed by atoms with Gasteiger partial charge in [0.2, 0.25) is 0 Å². The number of aryl methyl sites for hydroxylation is 2. The van der Waals surface area contributed by atoms with Gasteiger partial charge in [0.05, 0.1) is 22.9 Å². The predicted molar refractivity (Wildman–Crippen MR) is 122 cm³/mol. The zero-order valence-electron chi connectivity index (χ0n) is 17.5. The topological polar surface area (TPSA) is 59.5 Å². The molecule has 3 aromatic rings. The van der Waals surface area contributed by atoms with Gasteiger partial charge in [-0.2, -0.15) is 0 Å². The highest BCUT2D eigenvalue weighted by molar-refractivity contribution is 7.92. The van der Waals surface area contributed by atoms with Gasteiger partial charge in [-0.25, -0.2) is 13.4 Å². The minimum absolute atomic E-state index is 0.361. The number of sulfone groups is 1. The van der Waals surface area contributed by atoms with Gasteiger partial charge in [-0.1, -0.05) is 17.7 Å². The summed E-state index contributed by atoms with van der Waals surface area (Å²) < 4.78 is 31.2. The molecule has 158 valence electrons. The molecule has 1 aromatic heterocycles. The number of benzene rings is 2. The Hall–Kier alpha value is -2.38. The molecule has 30 heavy (non-hydrogen) atoms. The maximum atomic E-state index is 13.0. The molecule has 0 saturated carbocycles. The van der Waals surface area contributed by atoms with Crippen molar-refractivity contribution in [3.05, 3.63) is 59.0 Å². The summed E-state index contributed by atoms with van der Waals surface area (Å²) in [6.07, 6.45) is 1.21. The molecule has 2 aromatic carbocycles. The lowest BCUT2D eigenvalue weighted by atomic mass is 10.0. The number of hydrogen-bond acceptors (Lipinski definition) is 6. The summed E-state index contributed by atoms with van der Waals surface area (Å²) in [7, 11) is -1.77. The highest BCUT2D eigenvalue weighted by atomic mass is 32.2. The summed E-state index contributed by atoms with van der Waals surface area (Å²) in [5.41, 5.74) is 4.58. The molecular formula is C23H26N2O3S2. The number of ether oxygens (including phenoxy) is 1. The van der Waals surface area contributed by atoms with Crippen LogP contribution in [0.4, 0.5) is 5.13 Å². The van der Waals surface area contributed by atoms with Crippen LogP contribution in [0.1, 0.15) is 24.0 Å². The normalized spacial score (nSPS) is 15.4. The number of hydrogen-bond donors (Lipinski definition) is 0. The van der Waals surface area contributed by atoms with Crippen molar-refractivity contribution in [2.75, 3.05) is 25.1 Å². The molecule has 0 N–H and O–H groups in total. The second kappa shape index (κ2) is 8.40. The van der Waals surface area contributed by atoms with Crippen molar-refractivity contribution in [3.63, 3.8) is 0 Å². The van der Waals surface area contributed by atoms with Crippen LogP contribution < -0.4 is 9.64 Å². The van der Waals surface area contributed by atoms with Gasteiger partial charge in [0.1, 0.15) is 5.75 Å². The molecule has 0 unspecified atom stereocenters. The van der Waals surface area contributed by atoms with Gasteiger partial charge in [0.25, 0.3) is 0 Å². The first-order valence-corrected chi connectivity index (χ1v) is 12.5. The Morgan fingerprint density at radius 2 is 1.77 bits per heavy atom. The summed E-state index contributed by atoms with van der Waals surface area (Å²) in [4.78, 5) is 7.43. The minimum atomic E-state index is -3.34. The van der Waals surface area contributed by atoms with E-state index in [4.69, 9.17) is 9.72 Å². The molecule has 1 saturated heterocycles. The number of aromatic nitrogens is 1. The van der Waals surface area contributed by atoms with Crippen molar-refractivity contribution in [1.29, 1.82) is 0 Å². The van der Waals surface area contributed by atoms with Gasteiger partial charge >= 0.3 is 0 Å². The van der Waals surface area contributed by atoms with Gasteiger partial charge in [-0.15, -0.1) is 11.3 Å². The largest absolute Gasteiger partial charge is 0.497 e. The van der Waals surface area contributed by atoms with Crippen molar-refractivity contribution in [2.45, 2.75) is 36.8 Å². The van der Waals surface area contributed by atoms with Gasteiger partial charge in [0.15, 0.2) is 15.0 Å². The van der Waals surface area contributed by atoms with Crippen LogP contribution >= 0.6 is 11.3 Å². The second-order valence-electron chi connectivity index (χ2n) is 7.74. The highest BCUT2D eigenvalue weighted by Gasteiger charge is 2.32. The minimum Gasteiger partial charge on any atom is -0.497 e. The Morgan fingerprint density at radius 1 is 1.07 bits per heavy atom. The van der Waals surface area contributed by atoms with E-state index in [0.717, 1.165) is 16.4 Å². The lowest BCUT2D eigenvalue weighted by molar-refractivity contribution is 0.414. The van der Waals surface area contributed by atoms with Crippen LogP contribution in [-0.2, 0) is 9.84 Å². The van der Waals surface area contributed by atoms with E-state index >= 15 is 0 Å². The molecule has 0 spiro atoms. The molecule has 0 aliphatic carbocycles. The molecule has 0 atom stereocenters. The monoisotopic (exact) mass is 442 g/mol. The Bertz CT molecular complexity index is 1130. The first-order chi connectivity index (χ1) is 14.4. The maximum Gasteiger partial charge on any atom is 0.185 e. The second-order valence-corrected chi connectivity index (χ2v) is 10.8. The SMILES string of the molecule is COc1ccc(S(=O)(=O)C2CCN(c3nc(-c4cc(C)ccc4C)cs3)CC2)cc1.